The second-order valence-corrected chi connectivity index (χ2v) is 12.5. The number of benzene rings is 3. The molecule has 0 spiro atoms. The number of nitrogens with zero attached hydrogens (tertiary/aromatic N) is 2. The van der Waals surface area contributed by atoms with Crippen molar-refractivity contribution in [2.24, 2.45) is 0 Å². The Hall–Kier alpha value is -4.52. The van der Waals surface area contributed by atoms with Crippen molar-refractivity contribution < 1.29 is 27.9 Å². The number of carboxylic acids is 1. The van der Waals surface area contributed by atoms with Crippen molar-refractivity contribution >= 4 is 50.5 Å². The van der Waals surface area contributed by atoms with Crippen LogP contribution in [0.5, 0.6) is 0 Å². The molecule has 224 valence electrons. The maximum absolute atomic E-state index is 13.2. The van der Waals surface area contributed by atoms with Crippen molar-refractivity contribution in [3.63, 3.8) is 0 Å². The predicted molar refractivity (Wildman–Crippen MR) is 165 cm³/mol. The number of piperazine rings is 1. The van der Waals surface area contributed by atoms with Crippen LogP contribution in [0.25, 0.3) is 11.3 Å². The molecule has 0 bridgehead atoms. The van der Waals surface area contributed by atoms with Crippen LogP contribution in [0.15, 0.2) is 66.7 Å². The number of nitrogens with one attached hydrogen (secondary N) is 3. The van der Waals surface area contributed by atoms with Gasteiger partial charge in [0.25, 0.3) is 11.8 Å². The maximum atomic E-state index is 13.2. The van der Waals surface area contributed by atoms with Gasteiger partial charge in [0.2, 0.25) is 10.0 Å². The highest BCUT2D eigenvalue weighted by Crippen LogP contribution is 2.39. The number of carboxylic acid groups (broad SMARTS) is 1. The summed E-state index contributed by atoms with van der Waals surface area (Å²) in [6.07, 6.45) is 1.21. The summed E-state index contributed by atoms with van der Waals surface area (Å²) in [6, 6.07) is 19.4. The zero-order valence-electron chi connectivity index (χ0n) is 23.9. The molecule has 0 unspecified atom stereocenters. The monoisotopic (exact) mass is 603 g/mol. The summed E-state index contributed by atoms with van der Waals surface area (Å²) in [5.41, 5.74) is 4.54. The van der Waals surface area contributed by atoms with Crippen LogP contribution in [0.1, 0.15) is 37.4 Å². The van der Waals surface area contributed by atoms with E-state index >= 15 is 0 Å². The van der Waals surface area contributed by atoms with Crippen molar-refractivity contribution in [1.82, 2.24) is 14.5 Å². The van der Waals surface area contributed by atoms with E-state index in [9.17, 15) is 27.9 Å². The molecule has 3 aromatic carbocycles. The number of rotatable bonds is 9. The van der Waals surface area contributed by atoms with Crippen LogP contribution in [0.2, 0.25) is 0 Å². The molecule has 1 saturated heterocycles. The van der Waals surface area contributed by atoms with E-state index < -0.39 is 16.0 Å². The molecule has 43 heavy (non-hydrogen) atoms. The quantitative estimate of drug-likeness (QED) is 0.273. The average molecular weight is 604 g/mol. The van der Waals surface area contributed by atoms with Crippen LogP contribution in [0.3, 0.4) is 0 Å². The van der Waals surface area contributed by atoms with Gasteiger partial charge < -0.3 is 21.1 Å². The first-order valence-corrected chi connectivity index (χ1v) is 15.7. The Balaban J connectivity index is 1.30. The van der Waals surface area contributed by atoms with Crippen molar-refractivity contribution in [3.05, 3.63) is 94.5 Å². The molecule has 2 aliphatic rings. The normalized spacial score (nSPS) is 16.7. The predicted octanol–water partition coefficient (Wildman–Crippen LogP) is 2.93. The van der Waals surface area contributed by atoms with Gasteiger partial charge in [-0.3, -0.25) is 14.5 Å². The number of aryl methyl sites for hydroxylation is 1. The van der Waals surface area contributed by atoms with Crippen molar-refractivity contribution in [2.75, 3.05) is 56.2 Å². The minimum atomic E-state index is -3.18. The van der Waals surface area contributed by atoms with E-state index in [1.165, 1.54) is 16.6 Å². The Morgan fingerprint density at radius 1 is 0.953 bits per heavy atom. The van der Waals surface area contributed by atoms with Gasteiger partial charge in [-0.1, -0.05) is 30.3 Å². The number of carbonyl (C=O) groups is 3. The van der Waals surface area contributed by atoms with Crippen molar-refractivity contribution in [1.29, 1.82) is 0 Å². The van der Waals surface area contributed by atoms with Crippen LogP contribution in [0, 0.1) is 6.92 Å². The minimum absolute atomic E-state index is 0.123. The lowest BCUT2D eigenvalue weighted by Gasteiger charge is -2.33. The first-order valence-electron chi connectivity index (χ1n) is 13.8. The van der Waals surface area contributed by atoms with E-state index in [2.05, 4.69) is 20.9 Å². The highest BCUT2D eigenvalue weighted by atomic mass is 32.2. The molecule has 12 heteroatoms. The number of sulfonamides is 1. The number of anilines is 2. The number of aromatic carboxylic acids is 1. The molecule has 0 radical (unpaired) electrons. The maximum Gasteiger partial charge on any atom is 0.336 e. The topological polar surface area (TPSA) is 148 Å². The second kappa shape index (κ2) is 12.4. The van der Waals surface area contributed by atoms with Crippen LogP contribution in [-0.4, -0.2) is 86.0 Å². The third-order valence-electron chi connectivity index (χ3n) is 7.58. The smallest absolute Gasteiger partial charge is 0.336 e. The third-order valence-corrected chi connectivity index (χ3v) is 8.89. The van der Waals surface area contributed by atoms with E-state index in [-0.39, 0.29) is 17.4 Å². The molecule has 0 aromatic heterocycles. The number of hydrogen-bond donors (Lipinski definition) is 4. The van der Waals surface area contributed by atoms with Crippen LogP contribution in [-0.2, 0) is 14.8 Å². The van der Waals surface area contributed by atoms with Gasteiger partial charge >= 0.3 is 5.97 Å². The van der Waals surface area contributed by atoms with Crippen LogP contribution >= 0.6 is 0 Å². The van der Waals surface area contributed by atoms with E-state index in [0.717, 1.165) is 5.56 Å². The van der Waals surface area contributed by atoms with Gasteiger partial charge in [-0.05, 0) is 54.4 Å². The van der Waals surface area contributed by atoms with Gasteiger partial charge in [0.05, 0.1) is 28.8 Å². The minimum Gasteiger partial charge on any atom is -0.478 e. The van der Waals surface area contributed by atoms with Crippen LogP contribution < -0.4 is 16.0 Å². The zero-order valence-corrected chi connectivity index (χ0v) is 24.7. The molecular weight excluding hydrogens is 570 g/mol. The summed E-state index contributed by atoms with van der Waals surface area (Å²) in [6.45, 7) is 4.86. The Morgan fingerprint density at radius 3 is 2.26 bits per heavy atom. The summed E-state index contributed by atoms with van der Waals surface area (Å²) in [5, 5.41) is 18.6. The number of fused-ring (bicyclic) bond motifs is 1. The van der Waals surface area contributed by atoms with Gasteiger partial charge in [-0.15, -0.1) is 0 Å². The van der Waals surface area contributed by atoms with Gasteiger partial charge in [-0.2, -0.15) is 4.31 Å². The standard InChI is InChI=1S/C31H33N5O6S/c1-20-18-25-26(19-24(20)31(39)40)34-30(38)27(25)28(21-6-4-3-5-7-21)33-23-10-8-22(9-11-23)29(37)32-12-13-35-14-16-36(17-15-35)43(2,41)42/h3-11,18-19,33H,12-17H2,1-2H3,(H,32,37)(H,34,38)(H,39,40). The molecule has 0 saturated carbocycles. The SMILES string of the molecule is Cc1cc2c(cc1C(=O)O)NC(=O)C2=C(Nc1ccc(C(=O)NCCN2CCN(S(C)(=O)=O)CC2)cc1)c1ccccc1. The lowest BCUT2D eigenvalue weighted by molar-refractivity contribution is -0.110. The molecule has 0 atom stereocenters. The molecular formula is C31H33N5O6S. The van der Waals surface area contributed by atoms with E-state index in [0.29, 0.717) is 78.6 Å². The molecule has 0 aliphatic carbocycles. The Labute approximate surface area is 250 Å². The molecule has 2 aliphatic heterocycles. The lowest BCUT2D eigenvalue weighted by atomic mass is 9.96. The highest BCUT2D eigenvalue weighted by Gasteiger charge is 2.30. The van der Waals surface area contributed by atoms with E-state index in [1.807, 2.05) is 30.3 Å². The average Bonchev–Trinajstić information content (AvgIpc) is 3.30. The Morgan fingerprint density at radius 2 is 1.63 bits per heavy atom. The van der Waals surface area contributed by atoms with Gasteiger partial charge in [0, 0.05) is 56.1 Å². The molecule has 2 amide bonds. The fraction of sp³-hybridized carbons (Fsp3) is 0.258. The fourth-order valence-electron chi connectivity index (χ4n) is 5.25. The van der Waals surface area contributed by atoms with E-state index in [4.69, 9.17) is 0 Å². The molecule has 3 aromatic rings. The molecule has 1 fully saturated rings. The highest BCUT2D eigenvalue weighted by molar-refractivity contribution is 7.88. The summed E-state index contributed by atoms with van der Waals surface area (Å²) in [7, 11) is -3.18. The summed E-state index contributed by atoms with van der Waals surface area (Å²) < 4.78 is 24.8. The summed E-state index contributed by atoms with van der Waals surface area (Å²) in [4.78, 5) is 39.7. The number of carbonyl (C=O) groups excluding carboxylic acids is 2. The summed E-state index contributed by atoms with van der Waals surface area (Å²) >= 11 is 0. The van der Waals surface area contributed by atoms with Crippen LogP contribution in [0.4, 0.5) is 11.4 Å². The molecule has 4 N–H and O–H groups in total. The second-order valence-electron chi connectivity index (χ2n) is 10.5. The Bertz CT molecular complexity index is 1700. The zero-order chi connectivity index (χ0) is 30.7. The van der Waals surface area contributed by atoms with Crippen molar-refractivity contribution in [3.8, 4) is 0 Å². The number of amides is 2. The van der Waals surface area contributed by atoms with Crippen molar-refractivity contribution in [2.45, 2.75) is 6.92 Å². The number of hydrogen-bond acceptors (Lipinski definition) is 7. The van der Waals surface area contributed by atoms with Gasteiger partial charge in [-0.25, -0.2) is 13.2 Å². The molecule has 2 heterocycles. The first kappa shape index (κ1) is 30.0. The molecule has 5 rings (SSSR count). The first-order chi connectivity index (χ1) is 20.5. The van der Waals surface area contributed by atoms with Gasteiger partial charge in [0.1, 0.15) is 0 Å². The molecule has 11 nitrogen and oxygen atoms in total. The van der Waals surface area contributed by atoms with E-state index in [1.54, 1.807) is 37.3 Å². The largest absolute Gasteiger partial charge is 0.478 e. The third kappa shape index (κ3) is 6.77. The Kier molecular flexibility index (Phi) is 8.62. The fourth-order valence-corrected chi connectivity index (χ4v) is 6.08. The summed E-state index contributed by atoms with van der Waals surface area (Å²) in [5.74, 6) is -1.64. The lowest BCUT2D eigenvalue weighted by Crippen LogP contribution is -2.49. The van der Waals surface area contributed by atoms with Gasteiger partial charge in [0.15, 0.2) is 0 Å².